The van der Waals surface area contributed by atoms with Gasteiger partial charge in [0.05, 0.1) is 12.5 Å². The van der Waals surface area contributed by atoms with E-state index in [1.807, 2.05) is 44.3 Å². The lowest BCUT2D eigenvalue weighted by atomic mass is 9.99. The molecule has 2 unspecified atom stereocenters. The molecule has 0 saturated carbocycles. The molecule has 0 bridgehead atoms. The fourth-order valence-corrected chi connectivity index (χ4v) is 2.19. The molecule has 0 radical (unpaired) electrons. The topological polar surface area (TPSA) is 53.6 Å². The number of carbonyl (C=O) groups is 1. The van der Waals surface area contributed by atoms with Gasteiger partial charge in [0.25, 0.3) is 0 Å². The summed E-state index contributed by atoms with van der Waals surface area (Å²) in [6.45, 7) is 12.5. The van der Waals surface area contributed by atoms with Gasteiger partial charge in [-0.2, -0.15) is 0 Å². The zero-order chi connectivity index (χ0) is 19.1. The van der Waals surface area contributed by atoms with Gasteiger partial charge in [-0.3, -0.25) is 5.01 Å². The van der Waals surface area contributed by atoms with Crippen molar-refractivity contribution in [1.82, 2.24) is 15.8 Å². The first-order chi connectivity index (χ1) is 12.1. The summed E-state index contributed by atoms with van der Waals surface area (Å²) >= 11 is 0. The molecule has 0 aliphatic heterocycles. The zero-order valence-electron chi connectivity index (χ0n) is 15.6. The lowest BCUT2D eigenvalue weighted by molar-refractivity contribution is -0.110. The predicted molar refractivity (Wildman–Crippen MR) is 104 cm³/mol. The number of hydrogen-bond acceptors (Lipinski definition) is 5. The Hall–Kier alpha value is -2.29. The number of terminal acetylenes is 1. The van der Waals surface area contributed by atoms with Crippen LogP contribution in [-0.2, 0) is 9.53 Å². The van der Waals surface area contributed by atoms with Crippen LogP contribution < -0.4 is 10.7 Å². The van der Waals surface area contributed by atoms with E-state index in [2.05, 4.69) is 29.8 Å². The standard InChI is InChI=1S/C20H31N3O2/c1-7-11-14-23(21-6)20(9-3)13-12-18(15-24)17(5)22-19(8-2)16-25-10-4/h2,7,9,11,14-15,18-19,21-22H,1,5,10,12-13,16H2,3-4,6H3. The van der Waals surface area contributed by atoms with Crippen LogP contribution in [0.4, 0.5) is 0 Å². The number of hydrazine groups is 1. The summed E-state index contributed by atoms with van der Waals surface area (Å²) < 4.78 is 5.33. The van der Waals surface area contributed by atoms with E-state index in [-0.39, 0.29) is 12.0 Å². The highest BCUT2D eigenvalue weighted by molar-refractivity contribution is 5.58. The Morgan fingerprint density at radius 2 is 2.20 bits per heavy atom. The van der Waals surface area contributed by atoms with Gasteiger partial charge in [-0.25, -0.2) is 5.43 Å². The van der Waals surface area contributed by atoms with Gasteiger partial charge < -0.3 is 14.8 Å². The average molecular weight is 345 g/mol. The second-order valence-electron chi connectivity index (χ2n) is 5.28. The molecule has 0 aliphatic carbocycles. The van der Waals surface area contributed by atoms with Crippen molar-refractivity contribution in [3.63, 3.8) is 0 Å². The maximum atomic E-state index is 11.5. The summed E-state index contributed by atoms with van der Waals surface area (Å²) in [5.41, 5.74) is 4.75. The SMILES string of the molecule is C#CC(COCC)NC(=C)C(C=O)CCC(=CC)N(C=CC=C)NC. The highest BCUT2D eigenvalue weighted by Gasteiger charge is 2.16. The molecule has 2 N–H and O–H groups in total. The number of hydrogen-bond donors (Lipinski definition) is 2. The van der Waals surface area contributed by atoms with Gasteiger partial charge in [0, 0.05) is 31.2 Å². The molecule has 0 aromatic carbocycles. The number of allylic oxidation sites excluding steroid dienone is 5. The number of rotatable bonds is 14. The van der Waals surface area contributed by atoms with Crippen LogP contribution in [0.25, 0.3) is 0 Å². The van der Waals surface area contributed by atoms with Crippen molar-refractivity contribution in [1.29, 1.82) is 0 Å². The molecule has 5 heteroatoms. The van der Waals surface area contributed by atoms with Crippen molar-refractivity contribution in [2.45, 2.75) is 32.7 Å². The zero-order valence-corrected chi connectivity index (χ0v) is 15.6. The number of nitrogens with zero attached hydrogens (tertiary/aromatic N) is 1. The lowest BCUT2D eigenvalue weighted by Crippen LogP contribution is -2.34. The molecule has 0 heterocycles. The van der Waals surface area contributed by atoms with E-state index in [1.165, 1.54) is 0 Å². The Kier molecular flexibility index (Phi) is 12.8. The Bertz CT molecular complexity index is 518. The second kappa shape index (κ2) is 14.1. The van der Waals surface area contributed by atoms with E-state index < -0.39 is 0 Å². The minimum Gasteiger partial charge on any atom is -0.379 e. The lowest BCUT2D eigenvalue weighted by Gasteiger charge is -2.24. The number of aldehydes is 1. The highest BCUT2D eigenvalue weighted by Crippen LogP contribution is 2.18. The van der Waals surface area contributed by atoms with E-state index >= 15 is 0 Å². The van der Waals surface area contributed by atoms with E-state index in [9.17, 15) is 4.79 Å². The van der Waals surface area contributed by atoms with Crippen molar-refractivity contribution in [3.8, 4) is 12.3 Å². The van der Waals surface area contributed by atoms with Crippen molar-refractivity contribution in [3.05, 3.63) is 49.0 Å². The van der Waals surface area contributed by atoms with Crippen molar-refractivity contribution in [2.24, 2.45) is 5.92 Å². The van der Waals surface area contributed by atoms with Crippen LogP contribution in [-0.4, -0.2) is 37.6 Å². The maximum Gasteiger partial charge on any atom is 0.128 e. The van der Waals surface area contributed by atoms with Crippen LogP contribution in [0.3, 0.4) is 0 Å². The molecule has 0 aromatic rings. The van der Waals surface area contributed by atoms with E-state index in [4.69, 9.17) is 11.2 Å². The van der Waals surface area contributed by atoms with E-state index in [1.54, 1.807) is 6.08 Å². The van der Waals surface area contributed by atoms with Crippen LogP contribution in [0, 0.1) is 18.3 Å². The minimum atomic E-state index is -0.325. The molecule has 0 saturated heterocycles. The Balaban J connectivity index is 4.77. The van der Waals surface area contributed by atoms with Gasteiger partial charge in [-0.05, 0) is 32.8 Å². The summed E-state index contributed by atoms with van der Waals surface area (Å²) in [5, 5.41) is 5.00. The monoisotopic (exact) mass is 345 g/mol. The number of ether oxygens (including phenoxy) is 1. The van der Waals surface area contributed by atoms with Crippen LogP contribution in [0.1, 0.15) is 26.7 Å². The number of nitrogens with one attached hydrogen (secondary N) is 2. The van der Waals surface area contributed by atoms with Crippen LogP contribution >= 0.6 is 0 Å². The summed E-state index contributed by atoms with van der Waals surface area (Å²) in [5.74, 6) is 2.29. The van der Waals surface area contributed by atoms with Gasteiger partial charge in [-0.15, -0.1) is 6.42 Å². The quantitative estimate of drug-likeness (QED) is 0.219. The van der Waals surface area contributed by atoms with Crippen molar-refractivity contribution in [2.75, 3.05) is 20.3 Å². The van der Waals surface area contributed by atoms with Crippen molar-refractivity contribution < 1.29 is 9.53 Å². The third kappa shape index (κ3) is 8.94. The molecule has 138 valence electrons. The molecule has 0 fully saturated rings. The number of carbonyl (C=O) groups excluding carboxylic acids is 1. The third-order valence-corrected chi connectivity index (χ3v) is 3.63. The highest BCUT2D eigenvalue weighted by atomic mass is 16.5. The van der Waals surface area contributed by atoms with E-state index in [0.717, 1.165) is 12.0 Å². The molecular formula is C20H31N3O2. The first-order valence-corrected chi connectivity index (χ1v) is 8.43. The van der Waals surface area contributed by atoms with Gasteiger partial charge in [0.2, 0.25) is 0 Å². The molecular weight excluding hydrogens is 314 g/mol. The first-order valence-electron chi connectivity index (χ1n) is 8.43. The van der Waals surface area contributed by atoms with Crippen molar-refractivity contribution >= 4 is 6.29 Å². The fourth-order valence-electron chi connectivity index (χ4n) is 2.19. The first kappa shape index (κ1) is 22.7. The molecule has 0 aromatic heterocycles. The van der Waals surface area contributed by atoms with Gasteiger partial charge in [0.1, 0.15) is 12.3 Å². The molecule has 0 aliphatic rings. The molecule has 0 amide bonds. The molecule has 25 heavy (non-hydrogen) atoms. The second-order valence-corrected chi connectivity index (χ2v) is 5.28. The van der Waals surface area contributed by atoms with E-state index in [0.29, 0.717) is 31.8 Å². The summed E-state index contributed by atoms with van der Waals surface area (Å²) in [6.07, 6.45) is 15.1. The average Bonchev–Trinajstić information content (AvgIpc) is 2.63. The van der Waals surface area contributed by atoms with Gasteiger partial charge in [-0.1, -0.05) is 31.2 Å². The van der Waals surface area contributed by atoms with Gasteiger partial charge >= 0.3 is 0 Å². The molecule has 5 nitrogen and oxygen atoms in total. The molecule has 0 rings (SSSR count). The normalized spacial score (nSPS) is 13.8. The van der Waals surface area contributed by atoms with Crippen LogP contribution in [0.5, 0.6) is 0 Å². The Labute approximate surface area is 152 Å². The van der Waals surface area contributed by atoms with Crippen LogP contribution in [0.15, 0.2) is 49.0 Å². The Morgan fingerprint density at radius 1 is 1.48 bits per heavy atom. The minimum absolute atomic E-state index is 0.291. The predicted octanol–water partition coefficient (Wildman–Crippen LogP) is 2.76. The molecule has 2 atom stereocenters. The van der Waals surface area contributed by atoms with Crippen LogP contribution in [0.2, 0.25) is 0 Å². The largest absolute Gasteiger partial charge is 0.379 e. The molecule has 0 spiro atoms. The van der Waals surface area contributed by atoms with Gasteiger partial charge in [0.15, 0.2) is 0 Å². The summed E-state index contributed by atoms with van der Waals surface area (Å²) in [6, 6.07) is -0.291. The summed E-state index contributed by atoms with van der Waals surface area (Å²) in [4.78, 5) is 11.5. The maximum absolute atomic E-state index is 11.5. The fraction of sp³-hybridized carbons (Fsp3) is 0.450. The third-order valence-electron chi connectivity index (χ3n) is 3.63. The summed E-state index contributed by atoms with van der Waals surface area (Å²) in [7, 11) is 1.83. The Morgan fingerprint density at radius 3 is 2.68 bits per heavy atom. The smallest absolute Gasteiger partial charge is 0.128 e.